The maximum atomic E-state index is 12.6. The molecule has 1 heterocycles. The Balaban J connectivity index is 2.08. The number of amides is 1. The fourth-order valence-electron chi connectivity index (χ4n) is 3.06. The predicted octanol–water partition coefficient (Wildman–Crippen LogP) is 1.03. The molecule has 1 saturated heterocycles. The second-order valence-electron chi connectivity index (χ2n) is 6.20. The number of ether oxygens (including phenoxy) is 3. The molecule has 1 aliphatic heterocycles. The minimum absolute atomic E-state index is 0.0727. The zero-order valence-corrected chi connectivity index (χ0v) is 15.1. The van der Waals surface area contributed by atoms with Crippen LogP contribution in [0.3, 0.4) is 0 Å². The Morgan fingerprint density at radius 2 is 1.92 bits per heavy atom. The first-order valence-electron chi connectivity index (χ1n) is 8.43. The molecule has 9 nitrogen and oxygen atoms in total. The Morgan fingerprint density at radius 1 is 1.31 bits per heavy atom. The van der Waals surface area contributed by atoms with Gasteiger partial charge in [-0.15, -0.1) is 0 Å². The topological polar surface area (TPSA) is 126 Å². The van der Waals surface area contributed by atoms with Crippen molar-refractivity contribution >= 4 is 11.6 Å². The number of benzene rings is 1. The van der Waals surface area contributed by atoms with Crippen LogP contribution < -0.4 is 20.5 Å². The van der Waals surface area contributed by atoms with E-state index in [0.29, 0.717) is 43.8 Å². The van der Waals surface area contributed by atoms with Gasteiger partial charge in [-0.25, -0.2) is 0 Å². The van der Waals surface area contributed by atoms with Gasteiger partial charge in [0.1, 0.15) is 0 Å². The molecule has 0 spiro atoms. The van der Waals surface area contributed by atoms with E-state index < -0.39 is 10.3 Å². The van der Waals surface area contributed by atoms with E-state index in [-0.39, 0.29) is 30.4 Å². The summed E-state index contributed by atoms with van der Waals surface area (Å²) in [5.74, 6) is 0.560. The van der Waals surface area contributed by atoms with E-state index in [9.17, 15) is 14.9 Å². The molecule has 1 fully saturated rings. The molecule has 26 heavy (non-hydrogen) atoms. The molecule has 9 heteroatoms. The van der Waals surface area contributed by atoms with Gasteiger partial charge in [-0.1, -0.05) is 0 Å². The van der Waals surface area contributed by atoms with Crippen LogP contribution in [0.5, 0.6) is 11.5 Å². The molecule has 1 aliphatic rings. The molecule has 0 atom stereocenters. The number of hydrogen-bond acceptors (Lipinski definition) is 7. The fraction of sp³-hybridized carbons (Fsp3) is 0.588. The van der Waals surface area contributed by atoms with E-state index in [2.05, 4.69) is 5.32 Å². The number of carbonyl (C=O) groups is 1. The van der Waals surface area contributed by atoms with Crippen LogP contribution in [-0.2, 0) is 16.0 Å². The molecule has 3 N–H and O–H groups in total. The normalized spacial score (nSPS) is 16.0. The average Bonchev–Trinajstić information content (AvgIpc) is 2.67. The number of nitrogens with two attached hydrogens (primary N) is 1. The molecule has 1 aromatic rings. The molecule has 0 bridgehead atoms. The lowest BCUT2D eigenvalue weighted by Gasteiger charge is -2.34. The molecule has 0 unspecified atom stereocenters. The van der Waals surface area contributed by atoms with E-state index >= 15 is 0 Å². The third-order valence-corrected chi connectivity index (χ3v) is 4.78. The summed E-state index contributed by atoms with van der Waals surface area (Å²) in [4.78, 5) is 23.4. The Morgan fingerprint density at radius 3 is 2.46 bits per heavy atom. The molecule has 1 amide bonds. The largest absolute Gasteiger partial charge is 0.493 e. The third kappa shape index (κ3) is 4.23. The standard InChI is InChI=1S/C17H25N3O6/c1-24-14-9-12(13(20(22)23)10-15(14)25-2)3-6-19-16(21)17(11-18)4-7-26-8-5-17/h9-10H,3-8,11,18H2,1-2H3,(H,19,21). The van der Waals surface area contributed by atoms with Crippen LogP contribution in [-0.4, -0.2) is 51.4 Å². The first-order valence-corrected chi connectivity index (χ1v) is 8.43. The van der Waals surface area contributed by atoms with Crippen LogP contribution in [0.1, 0.15) is 18.4 Å². The summed E-state index contributed by atoms with van der Waals surface area (Å²) in [5.41, 5.74) is 5.58. The first kappa shape index (κ1) is 19.9. The Bertz CT molecular complexity index is 658. The van der Waals surface area contributed by atoms with E-state index in [1.54, 1.807) is 6.07 Å². The number of rotatable bonds is 8. The second-order valence-corrected chi connectivity index (χ2v) is 6.20. The molecule has 0 aromatic heterocycles. The summed E-state index contributed by atoms with van der Waals surface area (Å²) in [6.07, 6.45) is 1.44. The quantitative estimate of drug-likeness (QED) is 0.519. The van der Waals surface area contributed by atoms with Crippen molar-refractivity contribution in [2.45, 2.75) is 19.3 Å². The molecule has 144 valence electrons. The number of nitrogens with one attached hydrogen (secondary N) is 1. The average molecular weight is 367 g/mol. The Labute approximate surface area is 151 Å². The van der Waals surface area contributed by atoms with Gasteiger partial charge in [0.2, 0.25) is 5.91 Å². The van der Waals surface area contributed by atoms with Crippen molar-refractivity contribution in [2.24, 2.45) is 11.1 Å². The summed E-state index contributed by atoms with van der Waals surface area (Å²) in [6, 6.07) is 2.89. The highest BCUT2D eigenvalue weighted by Gasteiger charge is 2.38. The SMILES string of the molecule is COc1cc(CCNC(=O)C2(CN)CCOCC2)c([N+](=O)[O-])cc1OC. The number of carbonyl (C=O) groups excluding carboxylic acids is 1. The van der Waals surface area contributed by atoms with Crippen molar-refractivity contribution < 1.29 is 23.9 Å². The Kier molecular flexibility index (Phi) is 6.76. The molecule has 1 aromatic carbocycles. The first-order chi connectivity index (χ1) is 12.5. The van der Waals surface area contributed by atoms with E-state index in [1.165, 1.54) is 20.3 Å². The van der Waals surface area contributed by atoms with Crippen LogP contribution in [0.25, 0.3) is 0 Å². The van der Waals surface area contributed by atoms with Gasteiger partial charge in [-0.3, -0.25) is 14.9 Å². The summed E-state index contributed by atoms with van der Waals surface area (Å²) in [5, 5.41) is 14.2. The van der Waals surface area contributed by atoms with Gasteiger partial charge >= 0.3 is 0 Å². The third-order valence-electron chi connectivity index (χ3n) is 4.78. The summed E-state index contributed by atoms with van der Waals surface area (Å²) in [6.45, 7) is 1.52. The summed E-state index contributed by atoms with van der Waals surface area (Å²) >= 11 is 0. The van der Waals surface area contributed by atoms with E-state index in [0.717, 1.165) is 0 Å². The fourth-order valence-corrected chi connectivity index (χ4v) is 3.06. The highest BCUT2D eigenvalue weighted by molar-refractivity contribution is 5.83. The monoisotopic (exact) mass is 367 g/mol. The lowest BCUT2D eigenvalue weighted by atomic mass is 9.79. The van der Waals surface area contributed by atoms with E-state index in [4.69, 9.17) is 19.9 Å². The van der Waals surface area contributed by atoms with Crippen molar-refractivity contribution in [3.05, 3.63) is 27.8 Å². The maximum Gasteiger partial charge on any atom is 0.276 e. The molecular weight excluding hydrogens is 342 g/mol. The van der Waals surface area contributed by atoms with Gasteiger partial charge in [0.25, 0.3) is 5.69 Å². The van der Waals surface area contributed by atoms with Gasteiger partial charge in [-0.2, -0.15) is 0 Å². The van der Waals surface area contributed by atoms with Gasteiger partial charge in [0.05, 0.1) is 30.6 Å². The minimum Gasteiger partial charge on any atom is -0.493 e. The van der Waals surface area contributed by atoms with Crippen molar-refractivity contribution in [3.63, 3.8) is 0 Å². The van der Waals surface area contributed by atoms with Crippen molar-refractivity contribution in [1.82, 2.24) is 5.32 Å². The summed E-state index contributed by atoms with van der Waals surface area (Å²) < 4.78 is 15.6. The van der Waals surface area contributed by atoms with Crippen molar-refractivity contribution in [3.8, 4) is 11.5 Å². The van der Waals surface area contributed by atoms with Crippen LogP contribution in [0.2, 0.25) is 0 Å². The Hall–Kier alpha value is -2.39. The lowest BCUT2D eigenvalue weighted by molar-refractivity contribution is -0.385. The lowest BCUT2D eigenvalue weighted by Crippen LogP contribution is -2.49. The zero-order chi connectivity index (χ0) is 19.2. The smallest absolute Gasteiger partial charge is 0.276 e. The van der Waals surface area contributed by atoms with Crippen molar-refractivity contribution in [1.29, 1.82) is 0 Å². The van der Waals surface area contributed by atoms with E-state index in [1.807, 2.05) is 0 Å². The van der Waals surface area contributed by atoms with Gasteiger partial charge < -0.3 is 25.3 Å². The zero-order valence-electron chi connectivity index (χ0n) is 15.1. The van der Waals surface area contributed by atoms with Crippen molar-refractivity contribution in [2.75, 3.05) is 40.5 Å². The second kappa shape index (κ2) is 8.81. The maximum absolute atomic E-state index is 12.6. The van der Waals surface area contributed by atoms with Crippen LogP contribution in [0.15, 0.2) is 12.1 Å². The minimum atomic E-state index is -0.623. The van der Waals surface area contributed by atoms with Gasteiger partial charge in [0.15, 0.2) is 11.5 Å². The van der Waals surface area contributed by atoms with Gasteiger partial charge in [-0.05, 0) is 25.3 Å². The number of nitro groups is 1. The molecule has 0 aliphatic carbocycles. The molecular formula is C17H25N3O6. The number of hydrogen-bond donors (Lipinski definition) is 2. The number of nitrogens with zero attached hydrogens (tertiary/aromatic N) is 1. The van der Waals surface area contributed by atoms with Crippen LogP contribution in [0, 0.1) is 15.5 Å². The molecule has 0 saturated carbocycles. The summed E-state index contributed by atoms with van der Waals surface area (Å²) in [7, 11) is 2.88. The van der Waals surface area contributed by atoms with Crippen LogP contribution >= 0.6 is 0 Å². The van der Waals surface area contributed by atoms with Crippen LogP contribution in [0.4, 0.5) is 5.69 Å². The molecule has 0 radical (unpaired) electrons. The number of nitro benzene ring substituents is 1. The highest BCUT2D eigenvalue weighted by Crippen LogP contribution is 2.35. The predicted molar refractivity (Wildman–Crippen MR) is 94.5 cm³/mol. The highest BCUT2D eigenvalue weighted by atomic mass is 16.6. The molecule has 2 rings (SSSR count). The van der Waals surface area contributed by atoms with Gasteiger partial charge in [0, 0.05) is 31.9 Å². The number of methoxy groups -OCH3 is 2.